The smallest absolute Gasteiger partial charge is 0.0702 e. The van der Waals surface area contributed by atoms with E-state index >= 15 is 0 Å². The molecule has 3 aliphatic heterocycles. The molecule has 0 aliphatic carbocycles. The van der Waals surface area contributed by atoms with Crippen LogP contribution < -0.4 is 0 Å². The number of rotatable bonds is 4. The van der Waals surface area contributed by atoms with Crippen LogP contribution in [0, 0.1) is 0 Å². The maximum absolute atomic E-state index is 5.72. The zero-order valence-electron chi connectivity index (χ0n) is 12.6. The Balaban J connectivity index is 1.35. The molecule has 3 heterocycles. The molecule has 3 saturated heterocycles. The second-order valence-corrected chi connectivity index (χ2v) is 6.67. The first-order valence-corrected chi connectivity index (χ1v) is 8.04. The Hall–Kier alpha value is -0.160. The lowest BCUT2D eigenvalue weighted by Crippen LogP contribution is -2.64. The average molecular weight is 267 g/mol. The fourth-order valence-corrected chi connectivity index (χ4v) is 3.62. The van der Waals surface area contributed by atoms with E-state index in [0.29, 0.717) is 12.1 Å². The molecule has 4 heteroatoms. The molecule has 3 fully saturated rings. The minimum Gasteiger partial charge on any atom is -0.377 e. The maximum atomic E-state index is 5.72. The van der Waals surface area contributed by atoms with E-state index in [2.05, 4.69) is 28.5 Å². The van der Waals surface area contributed by atoms with E-state index in [-0.39, 0.29) is 0 Å². The fourth-order valence-electron chi connectivity index (χ4n) is 3.62. The van der Waals surface area contributed by atoms with Crippen molar-refractivity contribution in [3.63, 3.8) is 0 Å². The van der Waals surface area contributed by atoms with E-state index in [1.54, 1.807) is 0 Å². The van der Waals surface area contributed by atoms with Gasteiger partial charge < -0.3 is 4.74 Å². The normalized spacial score (nSPS) is 32.1. The number of piperazine rings is 1. The van der Waals surface area contributed by atoms with Crippen LogP contribution in [-0.4, -0.2) is 85.3 Å². The molecule has 0 aromatic carbocycles. The van der Waals surface area contributed by atoms with Crippen molar-refractivity contribution >= 4 is 0 Å². The summed E-state index contributed by atoms with van der Waals surface area (Å²) in [4.78, 5) is 7.87. The van der Waals surface area contributed by atoms with E-state index in [0.717, 1.165) is 12.6 Å². The van der Waals surface area contributed by atoms with Gasteiger partial charge in [-0.25, -0.2) is 0 Å². The molecule has 3 aliphatic rings. The molecule has 0 bridgehead atoms. The molecule has 0 saturated carbocycles. The van der Waals surface area contributed by atoms with Crippen molar-refractivity contribution in [2.75, 3.05) is 52.4 Å². The SMILES string of the molecule is CC(C)N1CCN(C2CN(CC3CCCO3)C2)CC1. The molecule has 110 valence electrons. The predicted molar refractivity (Wildman–Crippen MR) is 77.5 cm³/mol. The molecule has 3 rings (SSSR count). The molecule has 19 heavy (non-hydrogen) atoms. The van der Waals surface area contributed by atoms with Crippen LogP contribution in [0.2, 0.25) is 0 Å². The zero-order chi connectivity index (χ0) is 13.2. The van der Waals surface area contributed by atoms with Gasteiger partial charge in [-0.1, -0.05) is 0 Å². The lowest BCUT2D eigenvalue weighted by Gasteiger charge is -2.49. The van der Waals surface area contributed by atoms with Crippen LogP contribution in [-0.2, 0) is 4.74 Å². The van der Waals surface area contributed by atoms with Crippen LogP contribution in [0.15, 0.2) is 0 Å². The molecule has 4 nitrogen and oxygen atoms in total. The Morgan fingerprint density at radius 3 is 2.42 bits per heavy atom. The molecule has 0 aromatic heterocycles. The van der Waals surface area contributed by atoms with E-state index < -0.39 is 0 Å². The van der Waals surface area contributed by atoms with Crippen LogP contribution in [0.1, 0.15) is 26.7 Å². The quantitative estimate of drug-likeness (QED) is 0.752. The Morgan fingerprint density at radius 2 is 1.84 bits per heavy atom. The zero-order valence-corrected chi connectivity index (χ0v) is 12.6. The van der Waals surface area contributed by atoms with Crippen LogP contribution in [0.3, 0.4) is 0 Å². The van der Waals surface area contributed by atoms with Crippen LogP contribution in [0.5, 0.6) is 0 Å². The minimum absolute atomic E-state index is 0.527. The van der Waals surface area contributed by atoms with Gasteiger partial charge in [-0.3, -0.25) is 14.7 Å². The summed E-state index contributed by atoms with van der Waals surface area (Å²) in [5, 5.41) is 0. The number of nitrogens with zero attached hydrogens (tertiary/aromatic N) is 3. The van der Waals surface area contributed by atoms with Gasteiger partial charge in [0, 0.05) is 64.5 Å². The standard InChI is InChI=1S/C15H29N3O/c1-13(2)17-5-7-18(8-6-17)14-10-16(11-14)12-15-4-3-9-19-15/h13-15H,3-12H2,1-2H3. The molecule has 0 aromatic rings. The van der Waals surface area contributed by atoms with Crippen molar-refractivity contribution in [2.45, 2.75) is 44.9 Å². The van der Waals surface area contributed by atoms with Crippen molar-refractivity contribution in [1.82, 2.24) is 14.7 Å². The Kier molecular flexibility index (Phi) is 4.42. The van der Waals surface area contributed by atoms with E-state index in [4.69, 9.17) is 4.74 Å². The van der Waals surface area contributed by atoms with E-state index in [1.807, 2.05) is 0 Å². The molecule has 0 spiro atoms. The van der Waals surface area contributed by atoms with Gasteiger partial charge in [0.1, 0.15) is 0 Å². The molecule has 0 N–H and O–H groups in total. The second kappa shape index (κ2) is 6.08. The lowest BCUT2D eigenvalue weighted by molar-refractivity contribution is -0.0232. The molecule has 0 amide bonds. The molecular weight excluding hydrogens is 238 g/mol. The van der Waals surface area contributed by atoms with Gasteiger partial charge in [0.05, 0.1) is 6.10 Å². The summed E-state index contributed by atoms with van der Waals surface area (Å²) in [5.74, 6) is 0. The van der Waals surface area contributed by atoms with E-state index in [1.165, 1.54) is 58.7 Å². The third-order valence-electron chi connectivity index (χ3n) is 5.02. The van der Waals surface area contributed by atoms with Gasteiger partial charge in [0.2, 0.25) is 0 Å². The fraction of sp³-hybridized carbons (Fsp3) is 1.00. The van der Waals surface area contributed by atoms with Crippen molar-refractivity contribution < 1.29 is 4.74 Å². The van der Waals surface area contributed by atoms with Gasteiger partial charge in [0.25, 0.3) is 0 Å². The summed E-state index contributed by atoms with van der Waals surface area (Å²) in [7, 11) is 0. The number of hydrogen-bond acceptors (Lipinski definition) is 4. The summed E-state index contributed by atoms with van der Waals surface area (Å²) in [5.41, 5.74) is 0. The topological polar surface area (TPSA) is 19.0 Å². The van der Waals surface area contributed by atoms with Crippen molar-refractivity contribution in [3.8, 4) is 0 Å². The van der Waals surface area contributed by atoms with Gasteiger partial charge in [-0.2, -0.15) is 0 Å². The Morgan fingerprint density at radius 1 is 1.11 bits per heavy atom. The number of hydrogen-bond donors (Lipinski definition) is 0. The first kappa shape index (κ1) is 13.8. The highest BCUT2D eigenvalue weighted by Gasteiger charge is 2.35. The van der Waals surface area contributed by atoms with Gasteiger partial charge in [-0.05, 0) is 26.7 Å². The summed E-state index contributed by atoms with van der Waals surface area (Å²) in [6.07, 6.45) is 3.06. The highest BCUT2D eigenvalue weighted by atomic mass is 16.5. The minimum atomic E-state index is 0.527. The third-order valence-corrected chi connectivity index (χ3v) is 5.02. The van der Waals surface area contributed by atoms with Crippen molar-refractivity contribution in [3.05, 3.63) is 0 Å². The van der Waals surface area contributed by atoms with Crippen LogP contribution in [0.4, 0.5) is 0 Å². The highest BCUT2D eigenvalue weighted by Crippen LogP contribution is 2.21. The average Bonchev–Trinajstić information content (AvgIpc) is 2.86. The third kappa shape index (κ3) is 3.30. The lowest BCUT2D eigenvalue weighted by atomic mass is 10.0. The highest BCUT2D eigenvalue weighted by molar-refractivity contribution is 4.91. The summed E-state index contributed by atoms with van der Waals surface area (Å²) in [6.45, 7) is 14.3. The van der Waals surface area contributed by atoms with Crippen LogP contribution in [0.25, 0.3) is 0 Å². The summed E-state index contributed by atoms with van der Waals surface area (Å²) < 4.78 is 5.72. The first-order valence-electron chi connectivity index (χ1n) is 8.04. The molecular formula is C15H29N3O. The Bertz CT molecular complexity index is 277. The monoisotopic (exact) mass is 267 g/mol. The molecule has 0 radical (unpaired) electrons. The Labute approximate surface area is 117 Å². The van der Waals surface area contributed by atoms with Gasteiger partial charge in [-0.15, -0.1) is 0 Å². The summed E-state index contributed by atoms with van der Waals surface area (Å²) in [6, 6.07) is 1.52. The van der Waals surface area contributed by atoms with Crippen molar-refractivity contribution in [2.24, 2.45) is 0 Å². The maximum Gasteiger partial charge on any atom is 0.0702 e. The van der Waals surface area contributed by atoms with Gasteiger partial charge in [0.15, 0.2) is 0 Å². The van der Waals surface area contributed by atoms with Gasteiger partial charge >= 0.3 is 0 Å². The molecule has 1 atom stereocenters. The predicted octanol–water partition coefficient (Wildman–Crippen LogP) is 0.876. The second-order valence-electron chi connectivity index (χ2n) is 6.67. The number of likely N-dealkylation sites (tertiary alicyclic amines) is 1. The first-order chi connectivity index (χ1) is 9.22. The molecule has 1 unspecified atom stereocenters. The van der Waals surface area contributed by atoms with E-state index in [9.17, 15) is 0 Å². The number of ether oxygens (including phenoxy) is 1. The van der Waals surface area contributed by atoms with Crippen molar-refractivity contribution in [1.29, 1.82) is 0 Å². The largest absolute Gasteiger partial charge is 0.377 e. The van der Waals surface area contributed by atoms with Crippen LogP contribution >= 0.6 is 0 Å². The summed E-state index contributed by atoms with van der Waals surface area (Å²) >= 11 is 0.